The first kappa shape index (κ1) is 25.4. The van der Waals surface area contributed by atoms with Crippen LogP contribution in [-0.2, 0) is 16.2 Å². The van der Waals surface area contributed by atoms with Crippen LogP contribution in [0.3, 0.4) is 0 Å². The van der Waals surface area contributed by atoms with Gasteiger partial charge < -0.3 is 14.8 Å². The Labute approximate surface area is 211 Å². The summed E-state index contributed by atoms with van der Waals surface area (Å²) in [5.41, 5.74) is 4.04. The van der Waals surface area contributed by atoms with Crippen LogP contribution < -0.4 is 20.2 Å². The number of carbonyl (C=O) groups is 2. The van der Waals surface area contributed by atoms with E-state index in [0.29, 0.717) is 46.0 Å². The number of amides is 2. The van der Waals surface area contributed by atoms with E-state index in [4.69, 9.17) is 44.3 Å². The highest BCUT2D eigenvalue weighted by Gasteiger charge is 2.13. The molecule has 7 nitrogen and oxygen atoms in total. The summed E-state index contributed by atoms with van der Waals surface area (Å²) in [5.74, 6) is -0.801. The van der Waals surface area contributed by atoms with Gasteiger partial charge in [0.1, 0.15) is 6.61 Å². The molecule has 176 valence electrons. The van der Waals surface area contributed by atoms with Gasteiger partial charge in [-0.05, 0) is 66.6 Å². The summed E-state index contributed by atoms with van der Waals surface area (Å²) < 4.78 is 11.5. The third-order valence-corrected chi connectivity index (χ3v) is 5.29. The molecule has 3 aromatic rings. The van der Waals surface area contributed by atoms with Crippen molar-refractivity contribution >= 4 is 58.5 Å². The highest BCUT2D eigenvalue weighted by molar-refractivity contribution is 6.43. The van der Waals surface area contributed by atoms with Crippen molar-refractivity contribution in [1.82, 2.24) is 5.43 Å². The quantitative estimate of drug-likeness (QED) is 0.226. The Hall–Kier alpha value is -3.26. The molecule has 0 fully saturated rings. The average Bonchev–Trinajstić information content (AvgIpc) is 2.81. The molecule has 3 aromatic carbocycles. The molecule has 0 aliphatic heterocycles. The number of hydrogen-bond acceptors (Lipinski definition) is 5. The lowest BCUT2D eigenvalue weighted by Crippen LogP contribution is -2.32. The summed E-state index contributed by atoms with van der Waals surface area (Å²) in [7, 11) is 0. The van der Waals surface area contributed by atoms with E-state index in [-0.39, 0.29) is 5.02 Å². The van der Waals surface area contributed by atoms with Gasteiger partial charge >= 0.3 is 11.8 Å². The van der Waals surface area contributed by atoms with Crippen molar-refractivity contribution in [3.05, 3.63) is 86.9 Å². The van der Waals surface area contributed by atoms with E-state index in [1.54, 1.807) is 24.3 Å². The van der Waals surface area contributed by atoms with E-state index in [9.17, 15) is 9.59 Å². The molecule has 3 rings (SSSR count). The number of nitrogens with one attached hydrogen (secondary N) is 2. The maximum Gasteiger partial charge on any atom is 0.329 e. The minimum Gasteiger partial charge on any atom is -0.490 e. The van der Waals surface area contributed by atoms with Crippen LogP contribution >= 0.6 is 34.8 Å². The Balaban J connectivity index is 1.59. The van der Waals surface area contributed by atoms with Crippen molar-refractivity contribution in [2.24, 2.45) is 5.10 Å². The fraction of sp³-hybridized carbons (Fsp3) is 0.125. The molecule has 2 amide bonds. The number of anilines is 1. The molecule has 0 spiro atoms. The number of ether oxygens (including phenoxy) is 2. The van der Waals surface area contributed by atoms with Gasteiger partial charge in [0.15, 0.2) is 11.5 Å². The Morgan fingerprint density at radius 2 is 1.74 bits per heavy atom. The maximum absolute atomic E-state index is 12.0. The van der Waals surface area contributed by atoms with Gasteiger partial charge in [0.2, 0.25) is 0 Å². The van der Waals surface area contributed by atoms with Crippen molar-refractivity contribution < 1.29 is 19.1 Å². The zero-order chi connectivity index (χ0) is 24.5. The van der Waals surface area contributed by atoms with Crippen LogP contribution in [0.5, 0.6) is 11.5 Å². The van der Waals surface area contributed by atoms with E-state index in [2.05, 4.69) is 15.8 Å². The number of benzene rings is 3. The third kappa shape index (κ3) is 7.38. The van der Waals surface area contributed by atoms with E-state index in [1.165, 1.54) is 24.4 Å². The number of hydrogen-bond donors (Lipinski definition) is 2. The van der Waals surface area contributed by atoms with E-state index < -0.39 is 11.8 Å². The Morgan fingerprint density at radius 1 is 0.912 bits per heavy atom. The van der Waals surface area contributed by atoms with Crippen molar-refractivity contribution in [3.63, 3.8) is 0 Å². The number of carbonyl (C=O) groups excluding carboxylic acids is 2. The molecule has 0 saturated heterocycles. The van der Waals surface area contributed by atoms with Gasteiger partial charge in [-0.25, -0.2) is 5.43 Å². The molecule has 0 atom stereocenters. The summed E-state index contributed by atoms with van der Waals surface area (Å²) in [4.78, 5) is 24.0. The lowest BCUT2D eigenvalue weighted by atomic mass is 10.2. The second-order valence-electron chi connectivity index (χ2n) is 6.84. The van der Waals surface area contributed by atoms with E-state index in [1.807, 2.05) is 25.1 Å². The third-order valence-electron chi connectivity index (χ3n) is 4.31. The summed E-state index contributed by atoms with van der Waals surface area (Å²) >= 11 is 17.7. The van der Waals surface area contributed by atoms with Crippen LogP contribution in [0, 0.1) is 0 Å². The molecule has 0 aromatic heterocycles. The lowest BCUT2D eigenvalue weighted by molar-refractivity contribution is -0.136. The number of nitrogens with zero attached hydrogens (tertiary/aromatic N) is 1. The Kier molecular flexibility index (Phi) is 9.16. The molecule has 0 aliphatic carbocycles. The summed E-state index contributed by atoms with van der Waals surface area (Å²) in [6.45, 7) is 2.60. The second kappa shape index (κ2) is 12.3. The standard InChI is InChI=1S/C24H20Cl3N3O4/c1-2-33-22-11-15(6-9-21(22)34-14-16-4-3-5-17(25)10-16)13-28-30-24(32)23(31)29-18-7-8-19(26)20(27)12-18/h3-13H,2,14H2,1H3,(H,29,31)(H,30,32)/b28-13+. The molecule has 34 heavy (non-hydrogen) atoms. The van der Waals surface area contributed by atoms with Gasteiger partial charge in [-0.3, -0.25) is 9.59 Å². The highest BCUT2D eigenvalue weighted by Crippen LogP contribution is 2.29. The van der Waals surface area contributed by atoms with Gasteiger partial charge in [-0.1, -0.05) is 46.9 Å². The maximum atomic E-state index is 12.0. The molecule has 0 aliphatic rings. The zero-order valence-electron chi connectivity index (χ0n) is 18.0. The van der Waals surface area contributed by atoms with Crippen molar-refractivity contribution in [2.75, 3.05) is 11.9 Å². The SMILES string of the molecule is CCOc1cc(/C=N/NC(=O)C(=O)Nc2ccc(Cl)c(Cl)c2)ccc1OCc1cccc(Cl)c1. The van der Waals surface area contributed by atoms with Gasteiger partial charge in [-0.2, -0.15) is 5.10 Å². The fourth-order valence-electron chi connectivity index (χ4n) is 2.76. The summed E-state index contributed by atoms with van der Waals surface area (Å²) in [5, 5.41) is 7.45. The molecule has 0 radical (unpaired) electrons. The van der Waals surface area contributed by atoms with E-state index >= 15 is 0 Å². The van der Waals surface area contributed by atoms with Crippen LogP contribution in [0.25, 0.3) is 0 Å². The first-order valence-electron chi connectivity index (χ1n) is 10.1. The van der Waals surface area contributed by atoms with Gasteiger partial charge in [0.25, 0.3) is 0 Å². The monoisotopic (exact) mass is 519 g/mol. The Morgan fingerprint density at radius 3 is 2.47 bits per heavy atom. The topological polar surface area (TPSA) is 89.0 Å². The molecule has 2 N–H and O–H groups in total. The fourth-order valence-corrected chi connectivity index (χ4v) is 3.27. The number of hydrazone groups is 1. The second-order valence-corrected chi connectivity index (χ2v) is 8.09. The smallest absolute Gasteiger partial charge is 0.329 e. The van der Waals surface area contributed by atoms with Gasteiger partial charge in [-0.15, -0.1) is 0 Å². The molecule has 0 bridgehead atoms. The molecule has 0 unspecified atom stereocenters. The molecular weight excluding hydrogens is 501 g/mol. The zero-order valence-corrected chi connectivity index (χ0v) is 20.2. The predicted molar refractivity (Wildman–Crippen MR) is 134 cm³/mol. The highest BCUT2D eigenvalue weighted by atomic mass is 35.5. The lowest BCUT2D eigenvalue weighted by Gasteiger charge is -2.12. The van der Waals surface area contributed by atoms with Crippen molar-refractivity contribution in [2.45, 2.75) is 13.5 Å². The molecule has 0 saturated carbocycles. The molecule has 10 heteroatoms. The van der Waals surface area contributed by atoms with Gasteiger partial charge in [0.05, 0.1) is 22.9 Å². The van der Waals surface area contributed by atoms with Crippen molar-refractivity contribution in [1.29, 1.82) is 0 Å². The van der Waals surface area contributed by atoms with Crippen LogP contribution in [0.4, 0.5) is 5.69 Å². The van der Waals surface area contributed by atoms with Crippen LogP contribution in [-0.4, -0.2) is 24.6 Å². The van der Waals surface area contributed by atoms with Crippen LogP contribution in [0.2, 0.25) is 15.1 Å². The van der Waals surface area contributed by atoms with Crippen LogP contribution in [0.15, 0.2) is 65.8 Å². The number of halogens is 3. The first-order chi connectivity index (χ1) is 16.4. The van der Waals surface area contributed by atoms with E-state index in [0.717, 1.165) is 5.56 Å². The Bertz CT molecular complexity index is 1220. The minimum atomic E-state index is -0.950. The minimum absolute atomic E-state index is 0.253. The summed E-state index contributed by atoms with van der Waals surface area (Å²) in [6.07, 6.45) is 1.38. The largest absolute Gasteiger partial charge is 0.490 e. The first-order valence-corrected chi connectivity index (χ1v) is 11.2. The van der Waals surface area contributed by atoms with Crippen molar-refractivity contribution in [3.8, 4) is 11.5 Å². The van der Waals surface area contributed by atoms with Crippen LogP contribution in [0.1, 0.15) is 18.1 Å². The predicted octanol–water partition coefficient (Wildman–Crippen LogP) is 5.71. The summed E-state index contributed by atoms with van der Waals surface area (Å²) in [6, 6.07) is 17.0. The molecular formula is C24H20Cl3N3O4. The molecule has 0 heterocycles. The average molecular weight is 521 g/mol. The van der Waals surface area contributed by atoms with Gasteiger partial charge in [0, 0.05) is 10.7 Å². The normalized spacial score (nSPS) is 10.7. The number of rotatable bonds is 8.